The van der Waals surface area contributed by atoms with Gasteiger partial charge in [0.25, 0.3) is 0 Å². The van der Waals surface area contributed by atoms with Gasteiger partial charge in [-0.15, -0.1) is 0 Å². The minimum atomic E-state index is 0.254. The summed E-state index contributed by atoms with van der Waals surface area (Å²) in [6.07, 6.45) is 2.16. The van der Waals surface area contributed by atoms with Crippen molar-refractivity contribution < 1.29 is 4.79 Å². The summed E-state index contributed by atoms with van der Waals surface area (Å²) in [6, 6.07) is 0.596. The summed E-state index contributed by atoms with van der Waals surface area (Å²) in [5.41, 5.74) is 0. The molecule has 82 valence electrons. The van der Waals surface area contributed by atoms with Gasteiger partial charge in [0.1, 0.15) is 0 Å². The van der Waals surface area contributed by atoms with Crippen LogP contribution in [0.1, 0.15) is 12.8 Å². The van der Waals surface area contributed by atoms with Gasteiger partial charge in [0, 0.05) is 19.1 Å². The Bertz CT molecular complexity index is 186. The lowest BCUT2D eigenvalue weighted by atomic mass is 10.1. The van der Waals surface area contributed by atoms with Crippen molar-refractivity contribution in [2.24, 2.45) is 0 Å². The van der Waals surface area contributed by atoms with E-state index in [2.05, 4.69) is 5.32 Å². The summed E-state index contributed by atoms with van der Waals surface area (Å²) in [7, 11) is 5.85. The van der Waals surface area contributed by atoms with Crippen molar-refractivity contribution >= 4 is 5.91 Å². The molecule has 0 aromatic carbocycles. The highest BCUT2D eigenvalue weighted by molar-refractivity contribution is 5.78. The van der Waals surface area contributed by atoms with Crippen LogP contribution in [0, 0.1) is 0 Å². The molecule has 1 heterocycles. The van der Waals surface area contributed by atoms with E-state index in [4.69, 9.17) is 0 Å². The van der Waals surface area contributed by atoms with Gasteiger partial charge in [0.05, 0.1) is 6.54 Å². The molecule has 1 fully saturated rings. The maximum absolute atomic E-state index is 11.7. The van der Waals surface area contributed by atoms with Crippen molar-refractivity contribution in [2.45, 2.75) is 18.9 Å². The zero-order chi connectivity index (χ0) is 10.6. The van der Waals surface area contributed by atoms with Gasteiger partial charge in [0.2, 0.25) is 5.91 Å². The molecular weight excluding hydrogens is 178 g/mol. The van der Waals surface area contributed by atoms with Crippen LogP contribution < -0.4 is 5.32 Å². The Morgan fingerprint density at radius 1 is 1.43 bits per heavy atom. The van der Waals surface area contributed by atoms with Crippen LogP contribution in [0.5, 0.6) is 0 Å². The highest BCUT2D eigenvalue weighted by Gasteiger charge is 2.21. The Hall–Kier alpha value is -0.610. The Balaban J connectivity index is 2.30. The number of piperidine rings is 1. The fourth-order valence-corrected chi connectivity index (χ4v) is 1.79. The largest absolute Gasteiger partial charge is 0.341 e. The lowest BCUT2D eigenvalue weighted by Gasteiger charge is -2.32. The number of rotatable bonds is 3. The molecule has 1 rings (SSSR count). The van der Waals surface area contributed by atoms with E-state index in [9.17, 15) is 4.79 Å². The maximum atomic E-state index is 11.7. The molecule has 1 aliphatic heterocycles. The first-order valence-corrected chi connectivity index (χ1v) is 5.23. The summed E-state index contributed by atoms with van der Waals surface area (Å²) in [5.74, 6) is 0.254. The molecule has 0 aliphatic carbocycles. The average molecular weight is 199 g/mol. The van der Waals surface area contributed by atoms with Crippen LogP contribution in [0.25, 0.3) is 0 Å². The summed E-state index contributed by atoms with van der Waals surface area (Å²) in [6.45, 7) is 2.33. The first-order chi connectivity index (χ1) is 6.63. The number of nitrogens with one attached hydrogen (secondary N) is 1. The van der Waals surface area contributed by atoms with Crippen LogP contribution >= 0.6 is 0 Å². The van der Waals surface area contributed by atoms with Crippen LogP contribution in [-0.4, -0.2) is 62.5 Å². The Kier molecular flexibility index (Phi) is 4.35. The Morgan fingerprint density at radius 2 is 2.00 bits per heavy atom. The maximum Gasteiger partial charge on any atom is 0.236 e. The first-order valence-electron chi connectivity index (χ1n) is 5.23. The van der Waals surface area contributed by atoms with Gasteiger partial charge >= 0.3 is 0 Å². The number of hydrogen-bond acceptors (Lipinski definition) is 3. The van der Waals surface area contributed by atoms with Crippen molar-refractivity contribution in [1.29, 1.82) is 0 Å². The van der Waals surface area contributed by atoms with Gasteiger partial charge in [-0.2, -0.15) is 0 Å². The zero-order valence-corrected chi connectivity index (χ0v) is 9.42. The lowest BCUT2D eigenvalue weighted by molar-refractivity contribution is -0.132. The molecule has 1 amide bonds. The smallest absolute Gasteiger partial charge is 0.236 e. The fraction of sp³-hybridized carbons (Fsp3) is 0.900. The Morgan fingerprint density at radius 3 is 2.43 bits per heavy atom. The van der Waals surface area contributed by atoms with Crippen LogP contribution in [0.4, 0.5) is 0 Å². The van der Waals surface area contributed by atoms with Crippen LogP contribution in [0.2, 0.25) is 0 Å². The number of amides is 1. The quantitative estimate of drug-likeness (QED) is 0.681. The zero-order valence-electron chi connectivity index (χ0n) is 9.42. The van der Waals surface area contributed by atoms with E-state index < -0.39 is 0 Å². The predicted molar refractivity (Wildman–Crippen MR) is 57.2 cm³/mol. The van der Waals surface area contributed by atoms with E-state index in [1.54, 1.807) is 0 Å². The monoisotopic (exact) mass is 199 g/mol. The lowest BCUT2D eigenvalue weighted by Crippen LogP contribution is -2.46. The summed E-state index contributed by atoms with van der Waals surface area (Å²) in [5, 5.41) is 3.26. The van der Waals surface area contributed by atoms with Gasteiger partial charge in [-0.1, -0.05) is 0 Å². The highest BCUT2D eigenvalue weighted by atomic mass is 16.2. The molecular formula is C10H21N3O. The van der Waals surface area contributed by atoms with Gasteiger partial charge in [0.15, 0.2) is 0 Å². The number of likely N-dealkylation sites (tertiary alicyclic amines) is 1. The second-order valence-electron chi connectivity index (χ2n) is 4.18. The molecule has 4 heteroatoms. The molecule has 0 aromatic rings. The van der Waals surface area contributed by atoms with Gasteiger partial charge in [-0.25, -0.2) is 0 Å². The molecule has 0 saturated carbocycles. The fourth-order valence-electron chi connectivity index (χ4n) is 1.79. The summed E-state index contributed by atoms with van der Waals surface area (Å²) in [4.78, 5) is 15.6. The van der Waals surface area contributed by atoms with Crippen LogP contribution in [0.3, 0.4) is 0 Å². The minimum Gasteiger partial charge on any atom is -0.341 e. The molecule has 0 radical (unpaired) electrons. The molecule has 14 heavy (non-hydrogen) atoms. The summed E-state index contributed by atoms with van der Waals surface area (Å²) >= 11 is 0. The van der Waals surface area contributed by atoms with Crippen molar-refractivity contribution in [1.82, 2.24) is 15.1 Å². The van der Waals surface area contributed by atoms with Crippen LogP contribution in [0.15, 0.2) is 0 Å². The minimum absolute atomic E-state index is 0.254. The number of carbonyl (C=O) groups is 1. The second-order valence-corrected chi connectivity index (χ2v) is 4.18. The van der Waals surface area contributed by atoms with E-state index in [-0.39, 0.29) is 5.91 Å². The van der Waals surface area contributed by atoms with Crippen molar-refractivity contribution in [3.63, 3.8) is 0 Å². The molecule has 0 bridgehead atoms. The van der Waals surface area contributed by atoms with Gasteiger partial charge in [-0.05, 0) is 34.0 Å². The van der Waals surface area contributed by atoms with Crippen LogP contribution in [-0.2, 0) is 4.79 Å². The standard InChI is InChI=1S/C10H21N3O/c1-11-9-4-6-13(7-5-9)10(14)8-12(2)3/h9,11H,4-8H2,1-3H3. The second kappa shape index (κ2) is 5.32. The van der Waals surface area contributed by atoms with E-state index in [0.717, 1.165) is 25.9 Å². The third kappa shape index (κ3) is 3.27. The first kappa shape index (κ1) is 11.5. The van der Waals surface area contributed by atoms with E-state index in [1.807, 2.05) is 30.9 Å². The topological polar surface area (TPSA) is 35.6 Å². The Labute approximate surface area is 86.2 Å². The number of carbonyl (C=O) groups excluding carboxylic acids is 1. The van der Waals surface area contributed by atoms with E-state index in [1.165, 1.54) is 0 Å². The van der Waals surface area contributed by atoms with Gasteiger partial charge < -0.3 is 15.1 Å². The van der Waals surface area contributed by atoms with Gasteiger partial charge in [-0.3, -0.25) is 4.79 Å². The molecule has 1 N–H and O–H groups in total. The third-order valence-electron chi connectivity index (χ3n) is 2.71. The number of hydrogen-bond donors (Lipinski definition) is 1. The normalized spacial score (nSPS) is 19.0. The highest BCUT2D eigenvalue weighted by Crippen LogP contribution is 2.09. The SMILES string of the molecule is CNC1CCN(C(=O)CN(C)C)CC1. The number of likely N-dealkylation sites (N-methyl/N-ethyl adjacent to an activating group) is 1. The van der Waals surface area contributed by atoms with E-state index >= 15 is 0 Å². The third-order valence-corrected chi connectivity index (χ3v) is 2.71. The number of nitrogens with zero attached hydrogens (tertiary/aromatic N) is 2. The molecule has 4 nitrogen and oxygen atoms in total. The predicted octanol–water partition coefficient (Wildman–Crippen LogP) is -0.242. The van der Waals surface area contributed by atoms with Crippen molar-refractivity contribution in [2.75, 3.05) is 40.8 Å². The molecule has 0 spiro atoms. The molecule has 0 unspecified atom stereocenters. The molecule has 0 aromatic heterocycles. The van der Waals surface area contributed by atoms with E-state index in [0.29, 0.717) is 12.6 Å². The average Bonchev–Trinajstić information content (AvgIpc) is 2.17. The molecule has 1 saturated heterocycles. The summed E-state index contributed by atoms with van der Waals surface area (Å²) < 4.78 is 0. The van der Waals surface area contributed by atoms with Crippen molar-refractivity contribution in [3.8, 4) is 0 Å². The van der Waals surface area contributed by atoms with Crippen molar-refractivity contribution in [3.05, 3.63) is 0 Å². The molecule has 0 atom stereocenters. The molecule has 1 aliphatic rings.